The number of fused-ring (bicyclic) bond motifs is 3. The third-order valence-electron chi connectivity index (χ3n) is 5.68. The Morgan fingerprint density at radius 3 is 2.46 bits per heavy atom. The van der Waals surface area contributed by atoms with Gasteiger partial charge in [-0.15, -0.1) is 0 Å². The van der Waals surface area contributed by atoms with Crippen molar-refractivity contribution in [1.29, 1.82) is 0 Å². The molecule has 2 aromatic carbocycles. The molecule has 5 heteroatoms. The highest BCUT2D eigenvalue weighted by atomic mass is 32.2. The monoisotopic (exact) mass is 367 g/mol. The highest BCUT2D eigenvalue weighted by Gasteiger charge is 2.56. The summed E-state index contributed by atoms with van der Waals surface area (Å²) in [6, 6.07) is 14.3. The first-order valence-corrected chi connectivity index (χ1v) is 10.1. The Kier molecular flexibility index (Phi) is 3.63. The second-order valence-electron chi connectivity index (χ2n) is 7.38. The maximum Gasteiger partial charge on any atom is 0.264 e. The van der Waals surface area contributed by atoms with Crippen molar-refractivity contribution in [1.82, 2.24) is 0 Å². The number of hydrogen-bond donors (Lipinski definition) is 0. The summed E-state index contributed by atoms with van der Waals surface area (Å²) in [6.07, 6.45) is 0.801. The highest BCUT2D eigenvalue weighted by molar-refractivity contribution is 7.93. The summed E-state index contributed by atoms with van der Waals surface area (Å²) in [5.41, 5.74) is 2.30. The molecule has 0 spiro atoms. The topological polar surface area (TPSA) is 54.5 Å². The summed E-state index contributed by atoms with van der Waals surface area (Å²) in [7, 11) is -3.76. The summed E-state index contributed by atoms with van der Waals surface area (Å²) in [5, 5.41) is 0. The lowest BCUT2D eigenvalue weighted by molar-refractivity contribution is -0.117. The van der Waals surface area contributed by atoms with Crippen molar-refractivity contribution in [2.75, 3.05) is 4.31 Å². The Bertz CT molecular complexity index is 1020. The number of ketones is 1. The van der Waals surface area contributed by atoms with Crippen LogP contribution < -0.4 is 4.31 Å². The smallest absolute Gasteiger partial charge is 0.264 e. The number of nitrogens with zero attached hydrogens (tertiary/aromatic N) is 1. The molecule has 0 amide bonds. The van der Waals surface area contributed by atoms with Gasteiger partial charge < -0.3 is 0 Å². The van der Waals surface area contributed by atoms with Gasteiger partial charge in [0.15, 0.2) is 5.78 Å². The van der Waals surface area contributed by atoms with E-state index in [2.05, 4.69) is 6.58 Å². The number of carbonyl (C=O) groups is 1. The van der Waals surface area contributed by atoms with Crippen molar-refractivity contribution < 1.29 is 13.2 Å². The van der Waals surface area contributed by atoms with E-state index in [1.165, 1.54) is 4.31 Å². The standard InChI is InChI=1S/C21H21NO3S/c1-14-8-10-16(11-9-14)26(24,25)22-18-7-5-4-6-17(18)20-15(2)19(23)12-13-21(20,22)3/h4-11,20H,2,12-13H2,1,3H3/t20-,21-/m0/s1. The largest absolute Gasteiger partial charge is 0.295 e. The molecule has 2 aromatic rings. The van der Waals surface area contributed by atoms with E-state index in [4.69, 9.17) is 0 Å². The van der Waals surface area contributed by atoms with Crippen LogP contribution in [-0.2, 0) is 14.8 Å². The van der Waals surface area contributed by atoms with Crippen LogP contribution in [0.5, 0.6) is 0 Å². The van der Waals surface area contributed by atoms with Gasteiger partial charge >= 0.3 is 0 Å². The zero-order valence-electron chi connectivity index (χ0n) is 14.9. The fraction of sp³-hybridized carbons (Fsp3) is 0.286. The number of rotatable bonds is 2. The van der Waals surface area contributed by atoms with E-state index in [-0.39, 0.29) is 16.6 Å². The fourth-order valence-corrected chi connectivity index (χ4v) is 6.22. The van der Waals surface area contributed by atoms with Crippen LogP contribution in [0.2, 0.25) is 0 Å². The highest BCUT2D eigenvalue weighted by Crippen LogP contribution is 2.56. The average molecular weight is 367 g/mol. The molecular weight excluding hydrogens is 346 g/mol. The number of aryl methyl sites for hydroxylation is 1. The Hall–Kier alpha value is -2.40. The van der Waals surface area contributed by atoms with E-state index in [0.29, 0.717) is 24.1 Å². The van der Waals surface area contributed by atoms with E-state index in [0.717, 1.165) is 11.1 Å². The van der Waals surface area contributed by atoms with Crippen LogP contribution in [0.3, 0.4) is 0 Å². The van der Waals surface area contributed by atoms with Gasteiger partial charge in [0.25, 0.3) is 10.0 Å². The van der Waals surface area contributed by atoms with Crippen molar-refractivity contribution in [3.05, 3.63) is 71.8 Å². The van der Waals surface area contributed by atoms with Crippen LogP contribution in [0.1, 0.15) is 36.8 Å². The van der Waals surface area contributed by atoms with Gasteiger partial charge in [-0.05, 0) is 49.6 Å². The second-order valence-corrected chi connectivity index (χ2v) is 9.17. The molecule has 4 rings (SSSR count). The lowest BCUT2D eigenvalue weighted by Gasteiger charge is -2.43. The number of hydrogen-bond acceptors (Lipinski definition) is 3. The molecule has 4 nitrogen and oxygen atoms in total. The Labute approximate surface area is 154 Å². The average Bonchev–Trinajstić information content (AvgIpc) is 2.88. The van der Waals surface area contributed by atoms with Crippen LogP contribution in [0.15, 0.2) is 65.6 Å². The second kappa shape index (κ2) is 5.55. The van der Waals surface area contributed by atoms with Gasteiger partial charge in [0.05, 0.1) is 16.1 Å². The number of Topliss-reactive ketones (excluding diaryl/α,β-unsaturated/α-hetero) is 1. The Balaban J connectivity index is 1.95. The van der Waals surface area contributed by atoms with Crippen molar-refractivity contribution in [2.45, 2.75) is 43.0 Å². The molecular formula is C21H21NO3S. The van der Waals surface area contributed by atoms with E-state index in [1.54, 1.807) is 24.3 Å². The molecule has 134 valence electrons. The van der Waals surface area contributed by atoms with Gasteiger partial charge in [0.2, 0.25) is 0 Å². The van der Waals surface area contributed by atoms with E-state index >= 15 is 0 Å². The minimum absolute atomic E-state index is 0.0249. The number of para-hydroxylation sites is 1. The number of carbonyl (C=O) groups excluding carboxylic acids is 1. The van der Waals surface area contributed by atoms with E-state index in [9.17, 15) is 13.2 Å². The van der Waals surface area contributed by atoms with Crippen LogP contribution in [0.4, 0.5) is 5.69 Å². The van der Waals surface area contributed by atoms with Crippen LogP contribution >= 0.6 is 0 Å². The molecule has 0 aromatic heterocycles. The van der Waals surface area contributed by atoms with Gasteiger partial charge in [0, 0.05) is 12.3 Å². The summed E-state index contributed by atoms with van der Waals surface area (Å²) >= 11 is 0. The number of benzene rings is 2. The third kappa shape index (κ3) is 2.20. The first-order valence-electron chi connectivity index (χ1n) is 8.70. The minimum atomic E-state index is -3.76. The molecule has 0 radical (unpaired) electrons. The SMILES string of the molecule is C=C1C(=O)CC[C@@]2(C)[C@@H]1c1ccccc1N2S(=O)(=O)c1ccc(C)cc1. The van der Waals surface area contributed by atoms with Crippen molar-refractivity contribution >= 4 is 21.5 Å². The van der Waals surface area contributed by atoms with Gasteiger partial charge in [-0.2, -0.15) is 0 Å². The lowest BCUT2D eigenvalue weighted by Crippen LogP contribution is -2.52. The summed E-state index contributed by atoms with van der Waals surface area (Å²) in [5.74, 6) is -0.281. The lowest BCUT2D eigenvalue weighted by atomic mass is 9.70. The first kappa shape index (κ1) is 17.0. The van der Waals surface area contributed by atoms with Gasteiger partial charge in [-0.25, -0.2) is 8.42 Å². The normalized spacial score (nSPS) is 25.2. The van der Waals surface area contributed by atoms with Crippen LogP contribution in [0.25, 0.3) is 0 Å². The number of sulfonamides is 1. The van der Waals surface area contributed by atoms with Gasteiger partial charge in [-0.3, -0.25) is 9.10 Å². The van der Waals surface area contributed by atoms with Gasteiger partial charge in [-0.1, -0.05) is 42.5 Å². The fourth-order valence-electron chi connectivity index (χ4n) is 4.36. The van der Waals surface area contributed by atoms with Crippen molar-refractivity contribution in [3.63, 3.8) is 0 Å². The molecule has 2 atom stereocenters. The molecule has 1 heterocycles. The Morgan fingerprint density at radius 2 is 1.77 bits per heavy atom. The molecule has 0 unspecified atom stereocenters. The molecule has 0 bridgehead atoms. The van der Waals surface area contributed by atoms with Crippen molar-refractivity contribution in [2.24, 2.45) is 0 Å². The predicted molar refractivity (Wildman–Crippen MR) is 102 cm³/mol. The summed E-state index contributed by atoms with van der Waals surface area (Å²) in [6.45, 7) is 7.87. The molecule has 1 aliphatic heterocycles. The number of anilines is 1. The molecule has 26 heavy (non-hydrogen) atoms. The molecule has 2 aliphatic rings. The molecule has 1 aliphatic carbocycles. The molecule has 0 N–H and O–H groups in total. The van der Waals surface area contributed by atoms with Crippen molar-refractivity contribution in [3.8, 4) is 0 Å². The maximum atomic E-state index is 13.6. The minimum Gasteiger partial charge on any atom is -0.295 e. The maximum absolute atomic E-state index is 13.6. The molecule has 1 saturated carbocycles. The summed E-state index contributed by atoms with van der Waals surface area (Å²) in [4.78, 5) is 12.6. The Morgan fingerprint density at radius 1 is 1.12 bits per heavy atom. The van der Waals surface area contributed by atoms with E-state index in [1.807, 2.05) is 38.1 Å². The molecule has 1 fully saturated rings. The quantitative estimate of drug-likeness (QED) is 0.755. The molecule has 0 saturated heterocycles. The summed E-state index contributed by atoms with van der Waals surface area (Å²) < 4.78 is 28.7. The van der Waals surface area contributed by atoms with Crippen LogP contribution in [-0.4, -0.2) is 19.7 Å². The van der Waals surface area contributed by atoms with E-state index < -0.39 is 15.6 Å². The van der Waals surface area contributed by atoms with Crippen LogP contribution in [0, 0.1) is 6.92 Å². The predicted octanol–water partition coefficient (Wildman–Crippen LogP) is 3.97. The third-order valence-corrected chi connectivity index (χ3v) is 7.64. The van der Waals surface area contributed by atoms with Gasteiger partial charge in [0.1, 0.15) is 0 Å². The zero-order chi connectivity index (χ0) is 18.7. The first-order chi connectivity index (χ1) is 12.3. The zero-order valence-corrected chi connectivity index (χ0v) is 15.7.